The zero-order chi connectivity index (χ0) is 16.1. The number of anilines is 1. The van der Waals surface area contributed by atoms with E-state index < -0.39 is 0 Å². The summed E-state index contributed by atoms with van der Waals surface area (Å²) in [5.41, 5.74) is 9.05. The molecule has 0 saturated carbocycles. The molecule has 0 aliphatic carbocycles. The Morgan fingerprint density at radius 3 is 2.65 bits per heavy atom. The van der Waals surface area contributed by atoms with Crippen molar-refractivity contribution in [3.8, 4) is 0 Å². The molecule has 0 radical (unpaired) electrons. The van der Waals surface area contributed by atoms with Crippen molar-refractivity contribution in [3.63, 3.8) is 0 Å². The van der Waals surface area contributed by atoms with Gasteiger partial charge in [-0.15, -0.1) is 12.4 Å². The van der Waals surface area contributed by atoms with E-state index in [0.29, 0.717) is 31.5 Å². The highest BCUT2D eigenvalue weighted by molar-refractivity contribution is 5.95. The monoisotopic (exact) mass is 341 g/mol. The first-order valence-electron chi connectivity index (χ1n) is 7.79. The molecule has 1 aromatic carbocycles. The van der Waals surface area contributed by atoms with Gasteiger partial charge in [-0.05, 0) is 49.6 Å². The van der Waals surface area contributed by atoms with Gasteiger partial charge in [0.1, 0.15) is 0 Å². The molecule has 23 heavy (non-hydrogen) atoms. The Morgan fingerprint density at radius 2 is 2.09 bits per heavy atom. The van der Waals surface area contributed by atoms with Crippen molar-refractivity contribution < 1.29 is 9.18 Å². The molecule has 0 aromatic heterocycles. The maximum Gasteiger partial charge on any atom is 0.253 e. The predicted molar refractivity (Wildman–Crippen MR) is 95.1 cm³/mol. The Hall–Kier alpha value is -1.59. The molecule has 0 fully saturated rings. The van der Waals surface area contributed by atoms with E-state index >= 15 is 0 Å². The maximum atomic E-state index is 12.7. The van der Waals surface area contributed by atoms with Gasteiger partial charge in [0.2, 0.25) is 0 Å². The van der Waals surface area contributed by atoms with Crippen LogP contribution in [0, 0.1) is 0 Å². The van der Waals surface area contributed by atoms with Gasteiger partial charge in [0.25, 0.3) is 5.91 Å². The third-order valence-corrected chi connectivity index (χ3v) is 4.18. The highest BCUT2D eigenvalue weighted by Gasteiger charge is 2.22. The Kier molecular flexibility index (Phi) is 7.52. The average molecular weight is 342 g/mol. The first kappa shape index (κ1) is 19.5. The van der Waals surface area contributed by atoms with Crippen molar-refractivity contribution in [2.45, 2.75) is 20.3 Å². The summed E-state index contributed by atoms with van der Waals surface area (Å²) in [6, 6.07) is 5.79. The summed E-state index contributed by atoms with van der Waals surface area (Å²) in [6.45, 7) is 6.93. The molecule has 1 aromatic rings. The van der Waals surface area contributed by atoms with E-state index in [2.05, 4.69) is 4.90 Å². The fourth-order valence-electron chi connectivity index (χ4n) is 2.85. The number of hydrogen-bond acceptors (Lipinski definition) is 3. The van der Waals surface area contributed by atoms with Crippen LogP contribution in [-0.2, 0) is 6.42 Å². The molecule has 1 aliphatic heterocycles. The molecule has 4 nitrogen and oxygen atoms in total. The fourth-order valence-corrected chi connectivity index (χ4v) is 2.85. The van der Waals surface area contributed by atoms with E-state index in [0.717, 1.165) is 29.8 Å². The lowest BCUT2D eigenvalue weighted by Gasteiger charge is -2.21. The second-order valence-corrected chi connectivity index (χ2v) is 5.46. The van der Waals surface area contributed by atoms with Crippen LogP contribution in [0.1, 0.15) is 29.8 Å². The zero-order valence-electron chi connectivity index (χ0n) is 13.7. The van der Waals surface area contributed by atoms with Gasteiger partial charge >= 0.3 is 0 Å². The Morgan fingerprint density at radius 1 is 1.39 bits per heavy atom. The van der Waals surface area contributed by atoms with Gasteiger partial charge in [-0.2, -0.15) is 0 Å². The molecule has 0 atom stereocenters. The van der Waals surface area contributed by atoms with Crippen LogP contribution < -0.4 is 10.6 Å². The van der Waals surface area contributed by atoms with E-state index in [1.165, 1.54) is 0 Å². The number of nitrogens with two attached hydrogens (primary N) is 1. The third-order valence-electron chi connectivity index (χ3n) is 4.18. The smallest absolute Gasteiger partial charge is 0.253 e. The average Bonchev–Trinajstić information content (AvgIpc) is 2.95. The molecule has 1 aliphatic rings. The van der Waals surface area contributed by atoms with Gasteiger partial charge in [0, 0.05) is 44.0 Å². The van der Waals surface area contributed by atoms with Crippen molar-refractivity contribution in [3.05, 3.63) is 41.2 Å². The quantitative estimate of drug-likeness (QED) is 0.865. The number of nitrogens with zero attached hydrogens (tertiary/aromatic N) is 2. The lowest BCUT2D eigenvalue weighted by molar-refractivity contribution is 0.0773. The molecule has 2 rings (SSSR count). The number of amides is 1. The van der Waals surface area contributed by atoms with Gasteiger partial charge in [-0.1, -0.05) is 0 Å². The number of halogens is 2. The highest BCUT2D eigenvalue weighted by Crippen LogP contribution is 2.29. The van der Waals surface area contributed by atoms with Crippen LogP contribution in [0.25, 0.3) is 0 Å². The number of carbonyl (C=O) groups excluding carboxylic acids is 1. The van der Waals surface area contributed by atoms with Crippen LogP contribution in [0.4, 0.5) is 10.1 Å². The molecular weight excluding hydrogens is 317 g/mol. The maximum absolute atomic E-state index is 12.7. The molecule has 2 N–H and O–H groups in total. The first-order valence-corrected chi connectivity index (χ1v) is 7.79. The molecule has 1 heterocycles. The summed E-state index contributed by atoms with van der Waals surface area (Å²) in [4.78, 5) is 16.3. The predicted octanol–water partition coefficient (Wildman–Crippen LogP) is 2.77. The summed E-state index contributed by atoms with van der Waals surface area (Å²) >= 11 is 0. The standard InChI is InChI=1S/C17H24FN3O.ClH/c1-3-20(4-2)17(22)15-5-6-16-14(9-15)7-8-21(16)12-13(10-18)11-19;/h5-6,9-10H,3-4,7-8,11-12,19H2,1-2H3;1H. The lowest BCUT2D eigenvalue weighted by Crippen LogP contribution is -2.30. The molecule has 1 amide bonds. The third kappa shape index (κ3) is 4.24. The van der Waals surface area contributed by atoms with Crippen LogP contribution in [0.2, 0.25) is 0 Å². The minimum atomic E-state index is 0. The highest BCUT2D eigenvalue weighted by atomic mass is 35.5. The summed E-state index contributed by atoms with van der Waals surface area (Å²) in [5.74, 6) is 0.0672. The first-order chi connectivity index (χ1) is 10.6. The van der Waals surface area contributed by atoms with Gasteiger partial charge in [0.15, 0.2) is 0 Å². The van der Waals surface area contributed by atoms with Crippen LogP contribution in [0.3, 0.4) is 0 Å². The number of fused-ring (bicyclic) bond motifs is 1. The Bertz CT molecular complexity index is 573. The molecular formula is C17H25ClFN3O. The second kappa shape index (κ2) is 8.89. The van der Waals surface area contributed by atoms with Crippen molar-refractivity contribution in [2.24, 2.45) is 5.73 Å². The Balaban J connectivity index is 0.00000264. The van der Waals surface area contributed by atoms with E-state index in [4.69, 9.17) is 5.73 Å². The number of carbonyl (C=O) groups is 1. The second-order valence-electron chi connectivity index (χ2n) is 5.46. The molecule has 128 valence electrons. The summed E-state index contributed by atoms with van der Waals surface area (Å²) in [6.07, 6.45) is 1.47. The van der Waals surface area contributed by atoms with E-state index in [-0.39, 0.29) is 24.9 Å². The summed E-state index contributed by atoms with van der Waals surface area (Å²) < 4.78 is 12.7. The Labute approximate surface area is 143 Å². The number of benzene rings is 1. The van der Waals surface area contributed by atoms with Crippen LogP contribution in [0.15, 0.2) is 30.1 Å². The topological polar surface area (TPSA) is 49.6 Å². The minimum Gasteiger partial charge on any atom is -0.367 e. The van der Waals surface area contributed by atoms with E-state index in [1.807, 2.05) is 36.9 Å². The van der Waals surface area contributed by atoms with Crippen molar-refractivity contribution in [1.82, 2.24) is 4.90 Å². The largest absolute Gasteiger partial charge is 0.367 e. The molecule has 6 heteroatoms. The molecule has 0 saturated heterocycles. The molecule has 0 bridgehead atoms. The SMILES string of the molecule is CCN(CC)C(=O)c1ccc2c(c1)CCN2CC(=CF)CN.Cl. The minimum absolute atomic E-state index is 0. The van der Waals surface area contributed by atoms with Crippen molar-refractivity contribution in [1.29, 1.82) is 0 Å². The van der Waals surface area contributed by atoms with Crippen molar-refractivity contribution >= 4 is 24.0 Å². The van der Waals surface area contributed by atoms with E-state index in [1.54, 1.807) is 0 Å². The van der Waals surface area contributed by atoms with Crippen LogP contribution in [-0.4, -0.2) is 43.5 Å². The van der Waals surface area contributed by atoms with Gasteiger partial charge in [0.05, 0.1) is 6.33 Å². The molecule has 0 spiro atoms. The van der Waals surface area contributed by atoms with Gasteiger partial charge in [-0.3, -0.25) is 4.79 Å². The lowest BCUT2D eigenvalue weighted by atomic mass is 10.1. The van der Waals surface area contributed by atoms with Gasteiger partial charge in [-0.25, -0.2) is 4.39 Å². The summed E-state index contributed by atoms with van der Waals surface area (Å²) in [5, 5.41) is 0. The normalized spacial score (nSPS) is 13.6. The number of rotatable bonds is 6. The number of hydrogen-bond donors (Lipinski definition) is 1. The summed E-state index contributed by atoms with van der Waals surface area (Å²) in [7, 11) is 0. The van der Waals surface area contributed by atoms with Gasteiger partial charge < -0.3 is 15.5 Å². The van der Waals surface area contributed by atoms with Crippen molar-refractivity contribution in [2.75, 3.05) is 37.6 Å². The zero-order valence-corrected chi connectivity index (χ0v) is 14.5. The van der Waals surface area contributed by atoms with Crippen LogP contribution >= 0.6 is 12.4 Å². The van der Waals surface area contributed by atoms with E-state index in [9.17, 15) is 9.18 Å². The fraction of sp³-hybridized carbons (Fsp3) is 0.471. The molecule has 0 unspecified atom stereocenters. The van der Waals surface area contributed by atoms with Crippen LogP contribution in [0.5, 0.6) is 0 Å².